The van der Waals surface area contributed by atoms with Crippen LogP contribution in [0.2, 0.25) is 0 Å². The smallest absolute Gasteiger partial charge is 0.225 e. The molecule has 0 saturated heterocycles. The summed E-state index contributed by atoms with van der Waals surface area (Å²) in [4.78, 5) is 11.8. The van der Waals surface area contributed by atoms with E-state index in [0.717, 1.165) is 5.69 Å². The topological polar surface area (TPSA) is 81.9 Å². The lowest BCUT2D eigenvalue weighted by Gasteiger charge is -2.06. The number of carbonyl (C=O) groups is 1. The van der Waals surface area contributed by atoms with Crippen LogP contribution in [-0.2, 0) is 11.8 Å². The van der Waals surface area contributed by atoms with Crippen LogP contribution in [-0.4, -0.2) is 39.0 Å². The van der Waals surface area contributed by atoms with E-state index in [4.69, 9.17) is 4.74 Å². The van der Waals surface area contributed by atoms with E-state index < -0.39 is 0 Å². The molecule has 2 aromatic rings. The summed E-state index contributed by atoms with van der Waals surface area (Å²) in [6.07, 6.45) is 0.384. The highest BCUT2D eigenvalue weighted by atomic mass is 32.2. The summed E-state index contributed by atoms with van der Waals surface area (Å²) in [6, 6.07) is 7.25. The number of hydrogen-bond acceptors (Lipinski definition) is 6. The number of carbonyl (C=O) groups excluding carboxylic acids is 1. The van der Waals surface area contributed by atoms with Gasteiger partial charge in [-0.05, 0) is 22.6 Å². The number of anilines is 1. The molecule has 1 amide bonds. The third-order valence-electron chi connectivity index (χ3n) is 2.50. The zero-order valence-corrected chi connectivity index (χ0v) is 12.1. The summed E-state index contributed by atoms with van der Waals surface area (Å²) in [5.41, 5.74) is 0.722. The number of nitrogens with one attached hydrogen (secondary N) is 1. The highest BCUT2D eigenvalue weighted by Crippen LogP contribution is 2.18. The lowest BCUT2D eigenvalue weighted by molar-refractivity contribution is -0.115. The average Bonchev–Trinajstić information content (AvgIpc) is 2.85. The van der Waals surface area contributed by atoms with Crippen molar-refractivity contribution in [2.45, 2.75) is 11.6 Å². The lowest BCUT2D eigenvalue weighted by atomic mass is 10.3. The average molecular weight is 293 g/mol. The van der Waals surface area contributed by atoms with Crippen molar-refractivity contribution in [1.82, 2.24) is 20.2 Å². The first-order valence-electron chi connectivity index (χ1n) is 5.98. The molecule has 0 radical (unpaired) electrons. The molecular formula is C12H15N5O2S. The van der Waals surface area contributed by atoms with E-state index in [1.165, 1.54) is 11.8 Å². The second-order valence-corrected chi connectivity index (χ2v) is 5.03. The highest BCUT2D eigenvalue weighted by Gasteiger charge is 2.06. The summed E-state index contributed by atoms with van der Waals surface area (Å²) in [5.74, 6) is 1.27. The molecule has 0 unspecified atom stereocenters. The minimum atomic E-state index is -0.0547. The molecule has 0 aliphatic heterocycles. The number of hydrogen-bond donors (Lipinski definition) is 1. The Morgan fingerprint density at radius 2 is 2.35 bits per heavy atom. The van der Waals surface area contributed by atoms with Gasteiger partial charge in [-0.3, -0.25) is 4.79 Å². The fourth-order valence-corrected chi connectivity index (χ4v) is 2.29. The van der Waals surface area contributed by atoms with Crippen molar-refractivity contribution in [1.29, 1.82) is 0 Å². The number of amides is 1. The summed E-state index contributed by atoms with van der Waals surface area (Å²) < 4.78 is 6.67. The zero-order valence-electron chi connectivity index (χ0n) is 11.2. The van der Waals surface area contributed by atoms with Gasteiger partial charge in [-0.15, -0.1) is 5.10 Å². The lowest BCUT2D eigenvalue weighted by Crippen LogP contribution is -2.12. The van der Waals surface area contributed by atoms with Gasteiger partial charge in [-0.2, -0.15) is 0 Å². The van der Waals surface area contributed by atoms with Gasteiger partial charge in [0, 0.05) is 31.0 Å². The van der Waals surface area contributed by atoms with Crippen LogP contribution < -0.4 is 10.1 Å². The summed E-state index contributed by atoms with van der Waals surface area (Å²) in [6.45, 7) is 0. The number of thioether (sulfide) groups is 1. The maximum absolute atomic E-state index is 11.8. The van der Waals surface area contributed by atoms with Crippen molar-refractivity contribution in [3.05, 3.63) is 24.3 Å². The Kier molecular flexibility index (Phi) is 4.94. The number of tetrazole rings is 1. The van der Waals surface area contributed by atoms with Crippen molar-refractivity contribution in [2.75, 3.05) is 18.2 Å². The second-order valence-electron chi connectivity index (χ2n) is 3.96. The molecule has 0 fully saturated rings. The van der Waals surface area contributed by atoms with Gasteiger partial charge in [0.15, 0.2) is 0 Å². The molecule has 1 aromatic carbocycles. The van der Waals surface area contributed by atoms with E-state index >= 15 is 0 Å². The van der Waals surface area contributed by atoms with E-state index in [1.54, 1.807) is 24.9 Å². The molecule has 1 aromatic heterocycles. The van der Waals surface area contributed by atoms with Crippen LogP contribution in [0, 0.1) is 0 Å². The first kappa shape index (κ1) is 14.3. The molecule has 1 N–H and O–H groups in total. The first-order valence-corrected chi connectivity index (χ1v) is 6.96. The van der Waals surface area contributed by atoms with Crippen molar-refractivity contribution >= 4 is 23.4 Å². The molecule has 0 bridgehead atoms. The van der Waals surface area contributed by atoms with Gasteiger partial charge < -0.3 is 10.1 Å². The molecule has 0 aliphatic rings. The molecule has 0 aliphatic carbocycles. The predicted octanol–water partition coefficient (Wildman–Crippen LogP) is 1.34. The molecule has 7 nitrogen and oxygen atoms in total. The van der Waals surface area contributed by atoms with Crippen LogP contribution in [0.1, 0.15) is 6.42 Å². The fraction of sp³-hybridized carbons (Fsp3) is 0.333. The minimum absolute atomic E-state index is 0.0547. The normalized spacial score (nSPS) is 10.3. The molecule has 0 spiro atoms. The minimum Gasteiger partial charge on any atom is -0.497 e. The quantitative estimate of drug-likeness (QED) is 0.809. The van der Waals surface area contributed by atoms with E-state index in [9.17, 15) is 4.79 Å². The summed E-state index contributed by atoms with van der Waals surface area (Å²) >= 11 is 1.44. The molecule has 0 atom stereocenters. The van der Waals surface area contributed by atoms with Crippen LogP contribution in [0.5, 0.6) is 5.75 Å². The highest BCUT2D eigenvalue weighted by molar-refractivity contribution is 7.99. The Balaban J connectivity index is 1.79. The third-order valence-corrected chi connectivity index (χ3v) is 3.51. The Hall–Kier alpha value is -2.09. The molecule has 0 saturated carbocycles. The third kappa shape index (κ3) is 3.95. The number of nitrogens with zero attached hydrogens (tertiary/aromatic N) is 4. The van der Waals surface area contributed by atoms with Gasteiger partial charge in [0.1, 0.15) is 5.75 Å². The molecule has 106 valence electrons. The monoisotopic (exact) mass is 293 g/mol. The van der Waals surface area contributed by atoms with E-state index in [1.807, 2.05) is 18.2 Å². The van der Waals surface area contributed by atoms with Gasteiger partial charge >= 0.3 is 0 Å². The summed E-state index contributed by atoms with van der Waals surface area (Å²) in [5, 5.41) is 14.6. The van der Waals surface area contributed by atoms with Gasteiger partial charge in [-0.25, -0.2) is 4.68 Å². The van der Waals surface area contributed by atoms with Crippen LogP contribution in [0.3, 0.4) is 0 Å². The van der Waals surface area contributed by atoms with E-state index in [0.29, 0.717) is 23.1 Å². The molecule has 20 heavy (non-hydrogen) atoms. The van der Waals surface area contributed by atoms with Crippen molar-refractivity contribution in [3.8, 4) is 5.75 Å². The maximum atomic E-state index is 11.8. The van der Waals surface area contributed by atoms with Crippen LogP contribution in [0.4, 0.5) is 5.69 Å². The SMILES string of the molecule is COc1cccc(NC(=O)CCSc2nnnn2C)c1. The Morgan fingerprint density at radius 3 is 3.05 bits per heavy atom. The molecule has 2 rings (SSSR count). The predicted molar refractivity (Wildman–Crippen MR) is 75.8 cm³/mol. The van der Waals surface area contributed by atoms with Crippen molar-refractivity contribution < 1.29 is 9.53 Å². The number of benzene rings is 1. The maximum Gasteiger partial charge on any atom is 0.225 e. The number of methoxy groups -OCH3 is 1. The summed E-state index contributed by atoms with van der Waals surface area (Å²) in [7, 11) is 3.35. The largest absolute Gasteiger partial charge is 0.497 e. The standard InChI is InChI=1S/C12H15N5O2S/c1-17-12(14-15-16-17)20-7-6-11(18)13-9-4-3-5-10(8-9)19-2/h3-5,8H,6-7H2,1-2H3,(H,13,18). The zero-order chi connectivity index (χ0) is 14.4. The molecular weight excluding hydrogens is 278 g/mol. The van der Waals surface area contributed by atoms with Gasteiger partial charge in [0.05, 0.1) is 7.11 Å². The number of ether oxygens (including phenoxy) is 1. The number of aromatic nitrogens is 4. The van der Waals surface area contributed by atoms with Crippen LogP contribution >= 0.6 is 11.8 Å². The molecule has 8 heteroatoms. The van der Waals surface area contributed by atoms with Gasteiger partial charge in [0.25, 0.3) is 0 Å². The second kappa shape index (κ2) is 6.90. The van der Waals surface area contributed by atoms with Crippen molar-refractivity contribution in [2.24, 2.45) is 7.05 Å². The number of rotatable bonds is 6. The van der Waals surface area contributed by atoms with Crippen LogP contribution in [0.15, 0.2) is 29.4 Å². The Labute approximate surface area is 120 Å². The number of aryl methyl sites for hydroxylation is 1. The van der Waals surface area contributed by atoms with Crippen molar-refractivity contribution in [3.63, 3.8) is 0 Å². The van der Waals surface area contributed by atoms with Gasteiger partial charge in [-0.1, -0.05) is 17.8 Å². The van der Waals surface area contributed by atoms with Crippen LogP contribution in [0.25, 0.3) is 0 Å². The first-order chi connectivity index (χ1) is 9.69. The fourth-order valence-electron chi connectivity index (χ4n) is 1.50. The molecule has 1 heterocycles. The Morgan fingerprint density at radius 1 is 1.50 bits per heavy atom. The Bertz CT molecular complexity index is 587. The van der Waals surface area contributed by atoms with Gasteiger partial charge in [0.2, 0.25) is 11.1 Å². The van der Waals surface area contributed by atoms with E-state index in [-0.39, 0.29) is 5.91 Å². The van der Waals surface area contributed by atoms with E-state index in [2.05, 4.69) is 20.8 Å².